The smallest absolute Gasteiger partial charge is 0.192 e. The molecule has 0 aliphatic rings. The van der Waals surface area contributed by atoms with Gasteiger partial charge in [0.05, 0.1) is 6.61 Å². The van der Waals surface area contributed by atoms with Crippen LogP contribution in [0.3, 0.4) is 0 Å². The van der Waals surface area contributed by atoms with Gasteiger partial charge in [-0.25, -0.2) is 0 Å². The highest BCUT2D eigenvalue weighted by Gasteiger charge is 2.38. The predicted octanol–water partition coefficient (Wildman–Crippen LogP) is 5.95. The van der Waals surface area contributed by atoms with E-state index in [4.69, 9.17) is 9.16 Å². The Balaban J connectivity index is 2.34. The van der Waals surface area contributed by atoms with Crippen LogP contribution in [0.4, 0.5) is 0 Å². The highest BCUT2D eigenvalue weighted by Crippen LogP contribution is 2.38. The van der Waals surface area contributed by atoms with Crippen LogP contribution in [-0.2, 0) is 15.8 Å². The molecule has 0 radical (unpaired) electrons. The van der Waals surface area contributed by atoms with Crippen molar-refractivity contribution in [1.82, 2.24) is 0 Å². The van der Waals surface area contributed by atoms with E-state index in [0.29, 0.717) is 6.61 Å². The Kier molecular flexibility index (Phi) is 8.24. The Bertz CT molecular complexity index is 448. The van der Waals surface area contributed by atoms with Crippen LogP contribution in [0, 0.1) is 0 Å². The van der Waals surface area contributed by atoms with Gasteiger partial charge in [0.1, 0.15) is 0 Å². The standard InChI is InChI=1S/C20H34O2Si/c1-7-12-19(22-23(5,6)20(2,3)4)15-11-16-21-17-18-13-9-8-10-14-18/h7-10,13-14,19H,1,11-12,15-17H2,2-6H3/t19-/m0/s1. The third-order valence-electron chi connectivity index (χ3n) is 4.62. The maximum absolute atomic E-state index is 6.52. The van der Waals surface area contributed by atoms with Gasteiger partial charge in [0.15, 0.2) is 8.32 Å². The molecule has 1 atom stereocenters. The van der Waals surface area contributed by atoms with E-state index in [9.17, 15) is 0 Å². The molecule has 1 rings (SSSR count). The fourth-order valence-corrected chi connectivity index (χ4v) is 3.58. The van der Waals surface area contributed by atoms with E-state index in [1.807, 2.05) is 24.3 Å². The molecule has 0 aromatic heterocycles. The third-order valence-corrected chi connectivity index (χ3v) is 9.16. The predicted molar refractivity (Wildman–Crippen MR) is 102 cm³/mol. The van der Waals surface area contributed by atoms with Gasteiger partial charge in [0.2, 0.25) is 0 Å². The van der Waals surface area contributed by atoms with Crippen molar-refractivity contribution in [3.8, 4) is 0 Å². The third kappa shape index (κ3) is 7.47. The molecular weight excluding hydrogens is 300 g/mol. The van der Waals surface area contributed by atoms with Gasteiger partial charge in [-0.2, -0.15) is 0 Å². The minimum absolute atomic E-state index is 0.246. The molecule has 0 bridgehead atoms. The van der Waals surface area contributed by atoms with Crippen molar-refractivity contribution < 1.29 is 9.16 Å². The minimum Gasteiger partial charge on any atom is -0.414 e. The lowest BCUT2D eigenvalue weighted by Crippen LogP contribution is -2.43. The van der Waals surface area contributed by atoms with E-state index in [0.717, 1.165) is 25.9 Å². The van der Waals surface area contributed by atoms with Crippen LogP contribution >= 0.6 is 0 Å². The van der Waals surface area contributed by atoms with E-state index in [2.05, 4.69) is 52.6 Å². The highest BCUT2D eigenvalue weighted by atomic mass is 28.4. The largest absolute Gasteiger partial charge is 0.414 e. The Hall–Kier alpha value is -0.903. The van der Waals surface area contributed by atoms with Crippen LogP contribution in [0.5, 0.6) is 0 Å². The van der Waals surface area contributed by atoms with Crippen molar-refractivity contribution in [2.75, 3.05) is 6.61 Å². The van der Waals surface area contributed by atoms with Crippen LogP contribution in [0.2, 0.25) is 18.1 Å². The molecule has 0 aliphatic carbocycles. The quantitative estimate of drug-likeness (QED) is 0.299. The lowest BCUT2D eigenvalue weighted by Gasteiger charge is -2.39. The van der Waals surface area contributed by atoms with Gasteiger partial charge < -0.3 is 9.16 Å². The first kappa shape index (κ1) is 20.1. The molecule has 0 spiro atoms. The summed E-state index contributed by atoms with van der Waals surface area (Å²) in [5.74, 6) is 0. The first-order valence-corrected chi connectivity index (χ1v) is 11.6. The second-order valence-electron chi connectivity index (χ2n) is 7.70. The van der Waals surface area contributed by atoms with Gasteiger partial charge >= 0.3 is 0 Å². The summed E-state index contributed by atoms with van der Waals surface area (Å²) in [6, 6.07) is 10.3. The summed E-state index contributed by atoms with van der Waals surface area (Å²) in [5, 5.41) is 0.246. The minimum atomic E-state index is -1.71. The van der Waals surface area contributed by atoms with Crippen LogP contribution in [-0.4, -0.2) is 21.0 Å². The molecule has 0 fully saturated rings. The average Bonchev–Trinajstić information content (AvgIpc) is 2.46. The van der Waals surface area contributed by atoms with Crippen molar-refractivity contribution in [2.24, 2.45) is 0 Å². The molecule has 0 N–H and O–H groups in total. The summed E-state index contributed by atoms with van der Waals surface area (Å²) in [7, 11) is -1.71. The molecule has 2 nitrogen and oxygen atoms in total. The van der Waals surface area contributed by atoms with E-state index in [-0.39, 0.29) is 11.1 Å². The SMILES string of the molecule is C=CC[C@@H](CCCOCc1ccccc1)O[Si](C)(C)C(C)(C)C. The first-order valence-electron chi connectivity index (χ1n) is 8.66. The summed E-state index contributed by atoms with van der Waals surface area (Å²) >= 11 is 0. The molecule has 1 aromatic carbocycles. The molecule has 0 aliphatic heterocycles. The fourth-order valence-electron chi connectivity index (χ4n) is 2.18. The zero-order chi connectivity index (χ0) is 17.3. The molecule has 1 aromatic rings. The van der Waals surface area contributed by atoms with E-state index >= 15 is 0 Å². The molecule has 130 valence electrons. The number of hydrogen-bond acceptors (Lipinski definition) is 2. The molecule has 0 amide bonds. The van der Waals surface area contributed by atoms with Crippen molar-refractivity contribution in [1.29, 1.82) is 0 Å². The maximum Gasteiger partial charge on any atom is 0.192 e. The van der Waals surface area contributed by atoms with Crippen LogP contribution in [0.15, 0.2) is 43.0 Å². The number of ether oxygens (including phenoxy) is 1. The van der Waals surface area contributed by atoms with E-state index in [1.54, 1.807) is 0 Å². The molecular formula is C20H34O2Si. The van der Waals surface area contributed by atoms with Crippen molar-refractivity contribution in [2.45, 2.75) is 70.9 Å². The molecule has 3 heteroatoms. The van der Waals surface area contributed by atoms with Crippen molar-refractivity contribution in [3.63, 3.8) is 0 Å². The highest BCUT2D eigenvalue weighted by molar-refractivity contribution is 6.74. The topological polar surface area (TPSA) is 18.5 Å². The molecule has 0 saturated heterocycles. The summed E-state index contributed by atoms with van der Waals surface area (Å²) in [6.07, 6.45) is 5.23. The van der Waals surface area contributed by atoms with Crippen LogP contribution in [0.1, 0.15) is 45.6 Å². The average molecular weight is 335 g/mol. The molecule has 23 heavy (non-hydrogen) atoms. The van der Waals surface area contributed by atoms with Gasteiger partial charge in [-0.05, 0) is 43.0 Å². The Morgan fingerprint density at radius 2 is 1.83 bits per heavy atom. The van der Waals surface area contributed by atoms with Crippen molar-refractivity contribution >= 4 is 8.32 Å². The van der Waals surface area contributed by atoms with Crippen LogP contribution < -0.4 is 0 Å². The summed E-state index contributed by atoms with van der Waals surface area (Å²) in [6.45, 7) is 16.8. The van der Waals surface area contributed by atoms with Gasteiger partial charge in [-0.3, -0.25) is 0 Å². The summed E-state index contributed by atoms with van der Waals surface area (Å²) in [5.41, 5.74) is 1.23. The Labute approximate surface area is 144 Å². The van der Waals surface area contributed by atoms with Crippen LogP contribution in [0.25, 0.3) is 0 Å². The maximum atomic E-state index is 6.52. The van der Waals surface area contributed by atoms with Gasteiger partial charge in [-0.1, -0.05) is 57.2 Å². The molecule has 0 unspecified atom stereocenters. The monoisotopic (exact) mass is 334 g/mol. The number of hydrogen-bond donors (Lipinski definition) is 0. The molecule has 0 heterocycles. The summed E-state index contributed by atoms with van der Waals surface area (Å²) in [4.78, 5) is 0. The van der Waals surface area contributed by atoms with Crippen molar-refractivity contribution in [3.05, 3.63) is 48.6 Å². The Morgan fingerprint density at radius 3 is 2.39 bits per heavy atom. The lowest BCUT2D eigenvalue weighted by atomic mass is 10.1. The molecule has 0 saturated carbocycles. The zero-order valence-corrected chi connectivity index (χ0v) is 16.6. The Morgan fingerprint density at radius 1 is 1.17 bits per heavy atom. The van der Waals surface area contributed by atoms with Gasteiger partial charge in [0, 0.05) is 12.7 Å². The first-order chi connectivity index (χ1) is 10.8. The van der Waals surface area contributed by atoms with E-state index in [1.165, 1.54) is 5.56 Å². The van der Waals surface area contributed by atoms with E-state index < -0.39 is 8.32 Å². The summed E-state index contributed by atoms with van der Waals surface area (Å²) < 4.78 is 12.3. The number of benzene rings is 1. The fraction of sp³-hybridized carbons (Fsp3) is 0.600. The van der Waals surface area contributed by atoms with Gasteiger partial charge in [-0.15, -0.1) is 6.58 Å². The lowest BCUT2D eigenvalue weighted by molar-refractivity contribution is 0.100. The number of rotatable bonds is 10. The second kappa shape index (κ2) is 9.41. The normalized spacial score (nSPS) is 13.8. The van der Waals surface area contributed by atoms with Gasteiger partial charge in [0.25, 0.3) is 0 Å². The second-order valence-corrected chi connectivity index (χ2v) is 12.5. The zero-order valence-electron chi connectivity index (χ0n) is 15.6.